The Kier molecular flexibility index (Phi) is 7.01. The lowest BCUT2D eigenvalue weighted by Crippen LogP contribution is -2.17. The van der Waals surface area contributed by atoms with Crippen LogP contribution in [0.25, 0.3) is 0 Å². The number of aliphatic carboxylic acids is 1. The second-order valence-electron chi connectivity index (χ2n) is 8.24. The maximum atomic E-state index is 13.0. The molecule has 2 N–H and O–H groups in total. The Morgan fingerprint density at radius 2 is 2.03 bits per heavy atom. The highest BCUT2D eigenvalue weighted by atomic mass is 35.5. The van der Waals surface area contributed by atoms with Gasteiger partial charge in [0.05, 0.1) is 22.7 Å². The number of carbonyl (C=O) groups excluding carboxylic acids is 1. The van der Waals surface area contributed by atoms with Crippen LogP contribution in [0.5, 0.6) is 0 Å². The molecule has 1 aromatic carbocycles. The molecule has 6 heteroatoms. The lowest BCUT2D eigenvalue weighted by Gasteiger charge is -2.25. The molecule has 2 aromatic rings. The van der Waals surface area contributed by atoms with Gasteiger partial charge >= 0.3 is 5.97 Å². The number of carboxylic acid groups (broad SMARTS) is 1. The molecular formula is C23H29ClN2O3. The van der Waals surface area contributed by atoms with Gasteiger partial charge in [-0.2, -0.15) is 0 Å². The number of hydrogen-bond donors (Lipinski definition) is 2. The van der Waals surface area contributed by atoms with Crippen LogP contribution in [0.4, 0.5) is 5.69 Å². The predicted octanol–water partition coefficient (Wildman–Crippen LogP) is 5.72. The SMILES string of the molecule is CC(C)c1c(C(=O)Nc2cc(CC(=O)O)ccc2Cl)ccn1CCCC1CCC1. The normalized spacial score (nSPS) is 14.1. The van der Waals surface area contributed by atoms with Crippen LogP contribution in [0.2, 0.25) is 5.02 Å². The highest BCUT2D eigenvalue weighted by Gasteiger charge is 2.21. The highest BCUT2D eigenvalue weighted by Crippen LogP contribution is 2.31. The first-order chi connectivity index (χ1) is 13.8. The minimum Gasteiger partial charge on any atom is -0.481 e. The minimum absolute atomic E-state index is 0.116. The molecule has 1 amide bonds. The second-order valence-corrected chi connectivity index (χ2v) is 8.65. The van der Waals surface area contributed by atoms with Gasteiger partial charge in [0.1, 0.15) is 0 Å². The third-order valence-electron chi connectivity index (χ3n) is 5.67. The number of amides is 1. The van der Waals surface area contributed by atoms with Crippen molar-refractivity contribution in [1.82, 2.24) is 4.57 Å². The molecule has 29 heavy (non-hydrogen) atoms. The largest absolute Gasteiger partial charge is 0.481 e. The molecular weight excluding hydrogens is 388 g/mol. The summed E-state index contributed by atoms with van der Waals surface area (Å²) >= 11 is 6.22. The van der Waals surface area contributed by atoms with Crippen molar-refractivity contribution in [1.29, 1.82) is 0 Å². The Morgan fingerprint density at radius 3 is 2.66 bits per heavy atom. The van der Waals surface area contributed by atoms with Gasteiger partial charge in [-0.3, -0.25) is 9.59 Å². The van der Waals surface area contributed by atoms with Crippen molar-refractivity contribution < 1.29 is 14.7 Å². The van der Waals surface area contributed by atoms with E-state index in [1.165, 1.54) is 25.7 Å². The number of rotatable bonds is 9. The van der Waals surface area contributed by atoms with Crippen molar-refractivity contribution in [3.8, 4) is 0 Å². The van der Waals surface area contributed by atoms with Gasteiger partial charge in [-0.05, 0) is 48.4 Å². The second kappa shape index (κ2) is 9.49. The average Bonchev–Trinajstić information content (AvgIpc) is 3.04. The predicted molar refractivity (Wildman–Crippen MR) is 116 cm³/mol. The van der Waals surface area contributed by atoms with Crippen molar-refractivity contribution in [2.45, 2.75) is 64.8 Å². The topological polar surface area (TPSA) is 71.3 Å². The first-order valence-electron chi connectivity index (χ1n) is 10.4. The highest BCUT2D eigenvalue weighted by molar-refractivity contribution is 6.34. The lowest BCUT2D eigenvalue weighted by molar-refractivity contribution is -0.136. The van der Waals surface area contributed by atoms with E-state index in [2.05, 4.69) is 23.7 Å². The molecule has 0 aliphatic heterocycles. The van der Waals surface area contributed by atoms with E-state index in [0.717, 1.165) is 24.6 Å². The van der Waals surface area contributed by atoms with E-state index >= 15 is 0 Å². The quantitative estimate of drug-likeness (QED) is 0.548. The summed E-state index contributed by atoms with van der Waals surface area (Å²) < 4.78 is 2.20. The van der Waals surface area contributed by atoms with E-state index in [4.69, 9.17) is 16.7 Å². The van der Waals surface area contributed by atoms with Crippen LogP contribution < -0.4 is 5.32 Å². The Hall–Kier alpha value is -2.27. The average molecular weight is 417 g/mol. The van der Waals surface area contributed by atoms with Crippen LogP contribution in [-0.2, 0) is 17.8 Å². The number of carboxylic acids is 1. The van der Waals surface area contributed by atoms with Crippen molar-refractivity contribution in [2.75, 3.05) is 5.32 Å². The van der Waals surface area contributed by atoms with Gasteiger partial charge in [-0.15, -0.1) is 0 Å². The zero-order chi connectivity index (χ0) is 21.0. The van der Waals surface area contributed by atoms with E-state index < -0.39 is 5.97 Å². The summed E-state index contributed by atoms with van der Waals surface area (Å²) in [4.78, 5) is 23.9. The van der Waals surface area contributed by atoms with Gasteiger partial charge < -0.3 is 15.0 Å². The smallest absolute Gasteiger partial charge is 0.307 e. The summed E-state index contributed by atoms with van der Waals surface area (Å²) in [7, 11) is 0. The van der Waals surface area contributed by atoms with E-state index in [1.807, 2.05) is 12.3 Å². The third-order valence-corrected chi connectivity index (χ3v) is 6.00. The maximum absolute atomic E-state index is 13.0. The van der Waals surface area contributed by atoms with Gasteiger partial charge in [0.2, 0.25) is 0 Å². The maximum Gasteiger partial charge on any atom is 0.307 e. The zero-order valence-corrected chi connectivity index (χ0v) is 17.8. The summed E-state index contributed by atoms with van der Waals surface area (Å²) in [5.74, 6) is -0.0502. The van der Waals surface area contributed by atoms with Crippen molar-refractivity contribution in [2.24, 2.45) is 5.92 Å². The molecule has 1 aliphatic carbocycles. The molecule has 156 valence electrons. The fourth-order valence-corrected chi connectivity index (χ4v) is 4.15. The van der Waals surface area contributed by atoms with Gasteiger partial charge in [-0.1, -0.05) is 50.8 Å². The van der Waals surface area contributed by atoms with Crippen LogP contribution in [0.3, 0.4) is 0 Å². The number of nitrogens with zero attached hydrogens (tertiary/aromatic N) is 1. The molecule has 0 unspecified atom stereocenters. The molecule has 0 atom stereocenters. The molecule has 1 aliphatic rings. The summed E-state index contributed by atoms with van der Waals surface area (Å²) in [6.07, 6.45) is 8.34. The van der Waals surface area contributed by atoms with E-state index in [9.17, 15) is 9.59 Å². The van der Waals surface area contributed by atoms with E-state index in [0.29, 0.717) is 21.8 Å². The number of nitrogens with one attached hydrogen (secondary N) is 1. The molecule has 1 saturated carbocycles. The summed E-state index contributed by atoms with van der Waals surface area (Å²) in [5, 5.41) is 12.2. The number of benzene rings is 1. The zero-order valence-electron chi connectivity index (χ0n) is 17.1. The molecule has 0 spiro atoms. The Labute approximate surface area is 177 Å². The number of aryl methyl sites for hydroxylation is 1. The fourth-order valence-electron chi connectivity index (χ4n) is 3.99. The summed E-state index contributed by atoms with van der Waals surface area (Å²) in [5.41, 5.74) is 2.69. The van der Waals surface area contributed by atoms with Crippen molar-refractivity contribution >= 4 is 29.2 Å². The van der Waals surface area contributed by atoms with E-state index in [1.54, 1.807) is 18.2 Å². The molecule has 1 fully saturated rings. The molecule has 0 saturated heterocycles. The van der Waals surface area contributed by atoms with Crippen LogP contribution in [0, 0.1) is 5.92 Å². The molecule has 0 radical (unpaired) electrons. The number of halogens is 1. The van der Waals surface area contributed by atoms with Crippen molar-refractivity contribution in [3.63, 3.8) is 0 Å². The van der Waals surface area contributed by atoms with Crippen LogP contribution in [-0.4, -0.2) is 21.6 Å². The van der Waals surface area contributed by atoms with Crippen LogP contribution in [0.1, 0.15) is 73.5 Å². The number of carbonyl (C=O) groups is 2. The van der Waals surface area contributed by atoms with Gasteiger partial charge in [0.25, 0.3) is 5.91 Å². The van der Waals surface area contributed by atoms with E-state index in [-0.39, 0.29) is 18.2 Å². The van der Waals surface area contributed by atoms with Gasteiger partial charge in [0.15, 0.2) is 0 Å². The van der Waals surface area contributed by atoms with Gasteiger partial charge in [0, 0.05) is 18.4 Å². The Balaban J connectivity index is 1.73. The fraction of sp³-hybridized carbons (Fsp3) is 0.478. The molecule has 0 bridgehead atoms. The van der Waals surface area contributed by atoms with Crippen LogP contribution in [0.15, 0.2) is 30.5 Å². The number of aromatic nitrogens is 1. The van der Waals surface area contributed by atoms with Gasteiger partial charge in [-0.25, -0.2) is 0 Å². The Bertz CT molecular complexity index is 884. The summed E-state index contributed by atoms with van der Waals surface area (Å²) in [6, 6.07) is 6.76. The monoisotopic (exact) mass is 416 g/mol. The Morgan fingerprint density at radius 1 is 1.28 bits per heavy atom. The first kappa shape index (κ1) is 21.4. The molecule has 3 rings (SSSR count). The van der Waals surface area contributed by atoms with Crippen molar-refractivity contribution in [3.05, 3.63) is 52.3 Å². The number of anilines is 1. The first-order valence-corrected chi connectivity index (χ1v) is 10.7. The standard InChI is InChI=1S/C23H29ClN2O3/c1-15(2)22-18(10-12-26(22)11-4-7-16-5-3-6-16)23(29)25-20-13-17(14-21(27)28)8-9-19(20)24/h8-10,12-13,15-16H,3-7,11,14H2,1-2H3,(H,25,29)(H,27,28). The lowest BCUT2D eigenvalue weighted by atomic mass is 9.82. The molecule has 1 aromatic heterocycles. The van der Waals surface area contributed by atoms with Crippen LogP contribution >= 0.6 is 11.6 Å². The molecule has 5 nitrogen and oxygen atoms in total. The minimum atomic E-state index is -0.925. The molecule has 1 heterocycles. The summed E-state index contributed by atoms with van der Waals surface area (Å²) in [6.45, 7) is 5.11. The third kappa shape index (κ3) is 5.41. The number of hydrogen-bond acceptors (Lipinski definition) is 2.